The zero-order chi connectivity index (χ0) is 15.1. The first-order valence-electron chi connectivity index (χ1n) is 6.36. The summed E-state index contributed by atoms with van der Waals surface area (Å²) < 4.78 is 31.4. The number of sulfonamides is 1. The molecule has 1 heterocycles. The number of H-pyrrole nitrogens is 1. The number of nitrogens with one attached hydrogen (secondary N) is 2. The van der Waals surface area contributed by atoms with Crippen molar-refractivity contribution in [2.75, 3.05) is 24.6 Å². The third kappa shape index (κ3) is 5.04. The van der Waals surface area contributed by atoms with Crippen LogP contribution >= 0.6 is 0 Å². The molecular formula is C12H17N5O3S. The molecule has 1 aromatic heterocycles. The highest BCUT2D eigenvalue weighted by Gasteiger charge is 2.11. The Hall–Kier alpha value is -2.13. The van der Waals surface area contributed by atoms with E-state index in [2.05, 4.69) is 19.9 Å². The number of nitrogens with two attached hydrogens (primary N) is 1. The molecule has 1 aromatic carbocycles. The minimum Gasteiger partial charge on any atom is -0.490 e. The van der Waals surface area contributed by atoms with Crippen LogP contribution in [0, 0.1) is 0 Å². The van der Waals surface area contributed by atoms with Crippen molar-refractivity contribution in [2.45, 2.75) is 6.42 Å². The average Bonchev–Trinajstić information content (AvgIpc) is 2.94. The van der Waals surface area contributed by atoms with Gasteiger partial charge >= 0.3 is 0 Å². The molecule has 114 valence electrons. The Balaban J connectivity index is 1.72. The topological polar surface area (TPSA) is 123 Å². The summed E-state index contributed by atoms with van der Waals surface area (Å²) in [6, 6.07) is 6.94. The average molecular weight is 311 g/mol. The first-order chi connectivity index (χ1) is 10.1. The predicted molar refractivity (Wildman–Crippen MR) is 78.2 cm³/mol. The Labute approximate surface area is 122 Å². The van der Waals surface area contributed by atoms with E-state index in [0.717, 1.165) is 0 Å². The van der Waals surface area contributed by atoms with Gasteiger partial charge in [0, 0.05) is 13.0 Å². The normalized spacial score (nSPS) is 11.4. The van der Waals surface area contributed by atoms with Gasteiger partial charge < -0.3 is 10.5 Å². The molecule has 0 atom stereocenters. The highest BCUT2D eigenvalue weighted by Crippen LogP contribution is 2.19. The van der Waals surface area contributed by atoms with Gasteiger partial charge in [0.15, 0.2) is 0 Å². The molecule has 0 aliphatic heterocycles. The van der Waals surface area contributed by atoms with Crippen molar-refractivity contribution in [3.63, 3.8) is 0 Å². The smallest absolute Gasteiger partial charge is 0.214 e. The van der Waals surface area contributed by atoms with Crippen molar-refractivity contribution < 1.29 is 13.2 Å². The minimum absolute atomic E-state index is 0.0336. The van der Waals surface area contributed by atoms with Crippen LogP contribution in [0.5, 0.6) is 5.75 Å². The molecule has 0 aliphatic rings. The van der Waals surface area contributed by atoms with Crippen LogP contribution in [0.15, 0.2) is 30.6 Å². The highest BCUT2D eigenvalue weighted by atomic mass is 32.2. The van der Waals surface area contributed by atoms with Crippen LogP contribution < -0.4 is 15.2 Å². The summed E-state index contributed by atoms with van der Waals surface area (Å²) in [7, 11) is -3.40. The van der Waals surface area contributed by atoms with Crippen molar-refractivity contribution in [2.24, 2.45) is 0 Å². The molecule has 0 amide bonds. The molecule has 0 fully saturated rings. The molecule has 0 saturated heterocycles. The Bertz CT molecular complexity index is 657. The summed E-state index contributed by atoms with van der Waals surface area (Å²) in [6.45, 7) is 0.289. The number of aromatic amines is 1. The number of para-hydroxylation sites is 2. The van der Waals surface area contributed by atoms with Gasteiger partial charge in [0.2, 0.25) is 10.0 Å². The third-order valence-electron chi connectivity index (χ3n) is 2.68. The fourth-order valence-electron chi connectivity index (χ4n) is 1.62. The van der Waals surface area contributed by atoms with Gasteiger partial charge in [-0.15, -0.1) is 0 Å². The fraction of sp³-hybridized carbons (Fsp3) is 0.333. The fourth-order valence-corrected chi connectivity index (χ4v) is 2.48. The number of anilines is 1. The van der Waals surface area contributed by atoms with Crippen molar-refractivity contribution in [1.82, 2.24) is 19.9 Å². The lowest BCUT2D eigenvalue weighted by atomic mass is 10.3. The second-order valence-corrected chi connectivity index (χ2v) is 6.21. The SMILES string of the molecule is Nc1ccccc1OCCS(=O)(=O)NCCc1ncn[nH]1. The number of aromatic nitrogens is 3. The van der Waals surface area contributed by atoms with Crippen molar-refractivity contribution in [3.05, 3.63) is 36.4 Å². The number of benzene rings is 1. The standard InChI is InChI=1S/C12H17N5O3S/c13-10-3-1-2-4-11(10)20-7-8-21(18,19)16-6-5-12-14-9-15-17-12/h1-4,9,16H,5-8,13H2,(H,14,15,17). The van der Waals surface area contributed by atoms with E-state index in [1.165, 1.54) is 6.33 Å². The van der Waals surface area contributed by atoms with E-state index in [-0.39, 0.29) is 18.9 Å². The summed E-state index contributed by atoms with van der Waals surface area (Å²) in [4.78, 5) is 3.91. The summed E-state index contributed by atoms with van der Waals surface area (Å²) in [5.41, 5.74) is 6.18. The number of rotatable bonds is 8. The number of nitrogen functional groups attached to an aromatic ring is 1. The molecule has 2 rings (SSSR count). The Kier molecular flexibility index (Phi) is 5.12. The van der Waals surface area contributed by atoms with Crippen LogP contribution in [-0.2, 0) is 16.4 Å². The van der Waals surface area contributed by atoms with E-state index >= 15 is 0 Å². The highest BCUT2D eigenvalue weighted by molar-refractivity contribution is 7.89. The maximum Gasteiger partial charge on any atom is 0.214 e. The van der Waals surface area contributed by atoms with Crippen LogP contribution in [0.1, 0.15) is 5.82 Å². The number of ether oxygens (including phenoxy) is 1. The summed E-state index contributed by atoms with van der Waals surface area (Å²) in [5, 5.41) is 6.34. The molecule has 9 heteroatoms. The Morgan fingerprint density at radius 3 is 2.86 bits per heavy atom. The van der Waals surface area contributed by atoms with Crippen molar-refractivity contribution >= 4 is 15.7 Å². The number of nitrogens with zero attached hydrogens (tertiary/aromatic N) is 2. The summed E-state index contributed by atoms with van der Waals surface area (Å²) in [5.74, 6) is 0.970. The van der Waals surface area contributed by atoms with E-state index in [1.54, 1.807) is 24.3 Å². The zero-order valence-corrected chi connectivity index (χ0v) is 12.1. The molecule has 8 nitrogen and oxygen atoms in total. The van der Waals surface area contributed by atoms with Crippen LogP contribution in [0.2, 0.25) is 0 Å². The molecule has 21 heavy (non-hydrogen) atoms. The van der Waals surface area contributed by atoms with Crippen molar-refractivity contribution in [1.29, 1.82) is 0 Å². The summed E-state index contributed by atoms with van der Waals surface area (Å²) in [6.07, 6.45) is 1.83. The first-order valence-corrected chi connectivity index (χ1v) is 8.01. The van der Waals surface area contributed by atoms with E-state index in [0.29, 0.717) is 23.7 Å². The van der Waals surface area contributed by atoms with Crippen molar-refractivity contribution in [3.8, 4) is 5.75 Å². The van der Waals surface area contributed by atoms with Gasteiger partial charge in [-0.25, -0.2) is 18.1 Å². The number of hydrogen-bond acceptors (Lipinski definition) is 6. The lowest BCUT2D eigenvalue weighted by molar-refractivity contribution is 0.342. The largest absolute Gasteiger partial charge is 0.490 e. The van der Waals surface area contributed by atoms with Gasteiger partial charge in [0.25, 0.3) is 0 Å². The van der Waals surface area contributed by atoms with E-state index in [9.17, 15) is 8.42 Å². The lowest BCUT2D eigenvalue weighted by Crippen LogP contribution is -2.30. The monoisotopic (exact) mass is 311 g/mol. The molecule has 0 radical (unpaired) electrons. The van der Waals surface area contributed by atoms with Crippen LogP contribution in [-0.4, -0.2) is 42.5 Å². The number of hydrogen-bond donors (Lipinski definition) is 3. The maximum atomic E-state index is 11.8. The lowest BCUT2D eigenvalue weighted by Gasteiger charge is -2.09. The molecule has 2 aromatic rings. The van der Waals surface area contributed by atoms with Gasteiger partial charge in [0.05, 0.1) is 11.4 Å². The van der Waals surface area contributed by atoms with Gasteiger partial charge in [0.1, 0.15) is 24.5 Å². The second kappa shape index (κ2) is 7.04. The second-order valence-electron chi connectivity index (χ2n) is 4.28. The van der Waals surface area contributed by atoms with Crippen LogP contribution in [0.25, 0.3) is 0 Å². The molecular weight excluding hydrogens is 294 g/mol. The Morgan fingerprint density at radius 2 is 2.14 bits per heavy atom. The molecule has 0 bridgehead atoms. The van der Waals surface area contributed by atoms with Gasteiger partial charge in [-0.3, -0.25) is 5.10 Å². The summed E-state index contributed by atoms with van der Waals surface area (Å²) >= 11 is 0. The molecule has 0 unspecified atom stereocenters. The minimum atomic E-state index is -3.40. The maximum absolute atomic E-state index is 11.8. The van der Waals surface area contributed by atoms with Crippen LogP contribution in [0.3, 0.4) is 0 Å². The van der Waals surface area contributed by atoms with Crippen LogP contribution in [0.4, 0.5) is 5.69 Å². The predicted octanol–water partition coefficient (Wildman–Crippen LogP) is -0.0722. The molecule has 0 aliphatic carbocycles. The van der Waals surface area contributed by atoms with E-state index < -0.39 is 10.0 Å². The van der Waals surface area contributed by atoms with E-state index in [4.69, 9.17) is 10.5 Å². The van der Waals surface area contributed by atoms with E-state index in [1.807, 2.05) is 0 Å². The third-order valence-corrected chi connectivity index (χ3v) is 4.03. The van der Waals surface area contributed by atoms with Gasteiger partial charge in [-0.05, 0) is 12.1 Å². The van der Waals surface area contributed by atoms with Gasteiger partial charge in [-0.1, -0.05) is 12.1 Å². The Morgan fingerprint density at radius 1 is 1.33 bits per heavy atom. The first kappa shape index (κ1) is 15.3. The molecule has 4 N–H and O–H groups in total. The quantitative estimate of drug-likeness (QED) is 0.586. The van der Waals surface area contributed by atoms with Gasteiger partial charge in [-0.2, -0.15) is 5.10 Å². The molecule has 0 saturated carbocycles. The zero-order valence-electron chi connectivity index (χ0n) is 11.3. The molecule has 0 spiro atoms.